The molecule has 1 aliphatic rings. The van der Waals surface area contributed by atoms with Gasteiger partial charge in [-0.15, -0.1) is 16.4 Å². The summed E-state index contributed by atoms with van der Waals surface area (Å²) in [5.74, 6) is -1.14. The topological polar surface area (TPSA) is 80.1 Å². The van der Waals surface area contributed by atoms with Crippen molar-refractivity contribution in [2.24, 2.45) is 0 Å². The zero-order valence-electron chi connectivity index (χ0n) is 18.4. The van der Waals surface area contributed by atoms with E-state index in [2.05, 4.69) is 15.6 Å². The predicted octanol–water partition coefficient (Wildman–Crippen LogP) is 4.47. The van der Waals surface area contributed by atoms with Gasteiger partial charge in [0.15, 0.2) is 0 Å². The van der Waals surface area contributed by atoms with Gasteiger partial charge in [0.05, 0.1) is 5.52 Å². The lowest BCUT2D eigenvalue weighted by molar-refractivity contribution is -0.127. The monoisotopic (exact) mass is 477 g/mol. The van der Waals surface area contributed by atoms with E-state index < -0.39 is 11.9 Å². The number of aromatic nitrogens is 3. The van der Waals surface area contributed by atoms with Crippen molar-refractivity contribution in [3.05, 3.63) is 76.7 Å². The van der Waals surface area contributed by atoms with Crippen LogP contribution in [0, 0.1) is 5.82 Å². The molecule has 0 aliphatic heterocycles. The van der Waals surface area contributed by atoms with Gasteiger partial charge in [0.1, 0.15) is 23.9 Å². The second-order valence-electron chi connectivity index (χ2n) is 8.39. The van der Waals surface area contributed by atoms with Gasteiger partial charge >= 0.3 is 0 Å². The summed E-state index contributed by atoms with van der Waals surface area (Å²) >= 11 is 1.39. The molecule has 0 bridgehead atoms. The van der Waals surface area contributed by atoms with Crippen molar-refractivity contribution in [2.45, 2.75) is 44.3 Å². The lowest BCUT2D eigenvalue weighted by Crippen LogP contribution is -2.47. The Morgan fingerprint density at radius 2 is 1.94 bits per heavy atom. The molecule has 7 nitrogen and oxygen atoms in total. The number of anilines is 1. The number of nitrogens with zero attached hydrogens (tertiary/aromatic N) is 4. The molecule has 1 fully saturated rings. The van der Waals surface area contributed by atoms with Crippen molar-refractivity contribution >= 4 is 39.9 Å². The minimum absolute atomic E-state index is 0.0821. The second kappa shape index (κ2) is 9.72. The molecule has 174 valence electrons. The first kappa shape index (κ1) is 22.2. The Bertz CT molecular complexity index is 1300. The Morgan fingerprint density at radius 3 is 2.71 bits per heavy atom. The fourth-order valence-corrected chi connectivity index (χ4v) is 5.29. The molecule has 9 heteroatoms. The van der Waals surface area contributed by atoms with E-state index in [4.69, 9.17) is 0 Å². The number of benzene rings is 2. The van der Waals surface area contributed by atoms with E-state index in [9.17, 15) is 14.0 Å². The van der Waals surface area contributed by atoms with Crippen LogP contribution in [0.15, 0.2) is 66.0 Å². The van der Waals surface area contributed by atoms with Gasteiger partial charge in [-0.1, -0.05) is 42.3 Å². The Kier molecular flexibility index (Phi) is 6.35. The molecule has 2 heterocycles. The first-order valence-electron chi connectivity index (χ1n) is 11.3. The van der Waals surface area contributed by atoms with Crippen molar-refractivity contribution in [3.63, 3.8) is 0 Å². The summed E-state index contributed by atoms with van der Waals surface area (Å²) in [6.07, 6.45) is 3.98. The fraction of sp³-hybridized carbons (Fsp3) is 0.280. The maximum absolute atomic E-state index is 14.2. The van der Waals surface area contributed by atoms with E-state index in [1.165, 1.54) is 39.1 Å². The standard InChI is InChI=1S/C25H24FN5O2S/c26-17-7-5-10-19(15-17)31(23(32)16-30-21-12-4-3-11-20(21)28-29-30)24(22-13-6-14-34-22)25(33)27-18-8-1-2-9-18/h3-7,10-15,18,24H,1-2,8-9,16H2,(H,27,33)/t24-/m1/s1. The van der Waals surface area contributed by atoms with Crippen LogP contribution in [-0.4, -0.2) is 32.9 Å². The highest BCUT2D eigenvalue weighted by Crippen LogP contribution is 2.32. The molecule has 2 aromatic carbocycles. The number of nitrogens with one attached hydrogen (secondary N) is 1. The van der Waals surface area contributed by atoms with Crippen LogP contribution in [0.3, 0.4) is 0 Å². The zero-order valence-corrected chi connectivity index (χ0v) is 19.2. The summed E-state index contributed by atoms with van der Waals surface area (Å²) in [7, 11) is 0. The first-order valence-corrected chi connectivity index (χ1v) is 12.2. The third-order valence-corrected chi connectivity index (χ3v) is 7.01. The van der Waals surface area contributed by atoms with Gasteiger partial charge in [0.25, 0.3) is 0 Å². The minimum Gasteiger partial charge on any atom is -0.351 e. The average Bonchev–Trinajstić information content (AvgIpc) is 3.60. The highest BCUT2D eigenvalue weighted by Gasteiger charge is 2.35. The van der Waals surface area contributed by atoms with Gasteiger partial charge in [0, 0.05) is 16.6 Å². The number of para-hydroxylation sites is 1. The van der Waals surface area contributed by atoms with Gasteiger partial charge in [-0.25, -0.2) is 9.07 Å². The molecule has 34 heavy (non-hydrogen) atoms. The number of carbonyl (C=O) groups is 2. The average molecular weight is 478 g/mol. The molecule has 1 saturated carbocycles. The molecule has 0 unspecified atom stereocenters. The van der Waals surface area contributed by atoms with Gasteiger partial charge in [-0.05, 0) is 54.6 Å². The highest BCUT2D eigenvalue weighted by atomic mass is 32.1. The number of fused-ring (bicyclic) bond motifs is 1. The van der Waals surface area contributed by atoms with E-state index in [1.807, 2.05) is 41.8 Å². The molecule has 0 spiro atoms. The smallest absolute Gasteiger partial charge is 0.249 e. The van der Waals surface area contributed by atoms with Crippen molar-refractivity contribution in [1.82, 2.24) is 20.3 Å². The molecule has 0 radical (unpaired) electrons. The summed E-state index contributed by atoms with van der Waals surface area (Å²) < 4.78 is 15.8. The highest BCUT2D eigenvalue weighted by molar-refractivity contribution is 7.10. The predicted molar refractivity (Wildman–Crippen MR) is 129 cm³/mol. The summed E-state index contributed by atoms with van der Waals surface area (Å²) in [5, 5.41) is 13.2. The number of halogens is 1. The molecule has 0 saturated heterocycles. The van der Waals surface area contributed by atoms with Crippen LogP contribution in [0.4, 0.5) is 10.1 Å². The quantitative estimate of drug-likeness (QED) is 0.426. The van der Waals surface area contributed by atoms with Crippen LogP contribution in [0.2, 0.25) is 0 Å². The largest absolute Gasteiger partial charge is 0.351 e. The van der Waals surface area contributed by atoms with Crippen LogP contribution in [0.25, 0.3) is 11.0 Å². The third kappa shape index (κ3) is 4.56. The van der Waals surface area contributed by atoms with E-state index in [1.54, 1.807) is 6.07 Å². The molecular formula is C25H24FN5O2S. The Hall–Kier alpha value is -3.59. The summed E-state index contributed by atoms with van der Waals surface area (Å²) in [6.45, 7) is -0.143. The van der Waals surface area contributed by atoms with Crippen molar-refractivity contribution in [2.75, 3.05) is 4.90 Å². The Labute approximate surface area is 200 Å². The van der Waals surface area contributed by atoms with Crippen LogP contribution in [-0.2, 0) is 16.1 Å². The van der Waals surface area contributed by atoms with Crippen molar-refractivity contribution in [1.29, 1.82) is 0 Å². The number of hydrogen-bond acceptors (Lipinski definition) is 5. The van der Waals surface area contributed by atoms with Crippen LogP contribution in [0.5, 0.6) is 0 Å². The Morgan fingerprint density at radius 1 is 1.12 bits per heavy atom. The number of amides is 2. The zero-order chi connectivity index (χ0) is 23.5. The number of rotatable bonds is 7. The van der Waals surface area contributed by atoms with Crippen LogP contribution >= 0.6 is 11.3 Å². The fourth-order valence-electron chi connectivity index (χ4n) is 4.47. The van der Waals surface area contributed by atoms with Crippen molar-refractivity contribution in [3.8, 4) is 0 Å². The molecule has 4 aromatic rings. The molecular weight excluding hydrogens is 453 g/mol. The van der Waals surface area contributed by atoms with Crippen LogP contribution in [0.1, 0.15) is 36.6 Å². The molecule has 2 aromatic heterocycles. The summed E-state index contributed by atoms with van der Waals surface area (Å²) in [5.41, 5.74) is 1.69. The molecule has 1 atom stereocenters. The van der Waals surface area contributed by atoms with E-state index in [0.717, 1.165) is 25.7 Å². The molecule has 1 aliphatic carbocycles. The summed E-state index contributed by atoms with van der Waals surface area (Å²) in [6, 6.07) is 15.9. The molecule has 1 N–H and O–H groups in total. The SMILES string of the molecule is O=C(NC1CCCC1)[C@@H](c1cccs1)N(C(=O)Cn1nnc2ccccc21)c1cccc(F)c1. The van der Waals surface area contributed by atoms with Crippen LogP contribution < -0.4 is 10.2 Å². The lowest BCUT2D eigenvalue weighted by Gasteiger charge is -2.31. The first-order chi connectivity index (χ1) is 16.6. The Balaban J connectivity index is 1.54. The molecule has 5 rings (SSSR count). The van der Waals surface area contributed by atoms with Crippen molar-refractivity contribution < 1.29 is 14.0 Å². The summed E-state index contributed by atoms with van der Waals surface area (Å²) in [4.78, 5) is 29.5. The van der Waals surface area contributed by atoms with Gasteiger partial charge in [-0.2, -0.15) is 0 Å². The van der Waals surface area contributed by atoms with Gasteiger partial charge in [0.2, 0.25) is 11.8 Å². The third-order valence-electron chi connectivity index (χ3n) is 6.08. The molecule has 2 amide bonds. The minimum atomic E-state index is -0.926. The van der Waals surface area contributed by atoms with Gasteiger partial charge < -0.3 is 5.32 Å². The van der Waals surface area contributed by atoms with Gasteiger partial charge in [-0.3, -0.25) is 14.5 Å². The van der Waals surface area contributed by atoms with E-state index in [-0.39, 0.29) is 24.4 Å². The maximum Gasteiger partial charge on any atom is 0.249 e. The normalized spacial score (nSPS) is 14.9. The van der Waals surface area contributed by atoms with E-state index >= 15 is 0 Å². The number of carbonyl (C=O) groups excluding carboxylic acids is 2. The van der Waals surface area contributed by atoms with E-state index in [0.29, 0.717) is 21.6 Å². The second-order valence-corrected chi connectivity index (χ2v) is 9.37. The maximum atomic E-state index is 14.2. The number of thiophene rings is 1. The number of hydrogen-bond donors (Lipinski definition) is 1. The lowest BCUT2D eigenvalue weighted by atomic mass is 10.1.